The van der Waals surface area contributed by atoms with Gasteiger partial charge < -0.3 is 10.0 Å². The second-order valence-electron chi connectivity index (χ2n) is 3.28. The lowest BCUT2D eigenvalue weighted by Gasteiger charge is -2.30. The fraction of sp³-hybridized carbons (Fsp3) is 1.00. The van der Waals surface area contributed by atoms with Crippen LogP contribution in [0.3, 0.4) is 0 Å². The second kappa shape index (κ2) is 4.78. The number of hydrogen-bond donors (Lipinski definition) is 1. The van der Waals surface area contributed by atoms with E-state index in [0.29, 0.717) is 12.4 Å². The summed E-state index contributed by atoms with van der Waals surface area (Å²) < 4.78 is 0. The number of likely N-dealkylation sites (tertiary alicyclic amines) is 1. The van der Waals surface area contributed by atoms with Crippen LogP contribution in [0.2, 0.25) is 5.82 Å². The molecule has 2 radical (unpaired) electrons. The minimum Gasteiger partial charge on any atom is -0.396 e. The predicted molar refractivity (Wildman–Crippen MR) is 46.9 cm³/mol. The van der Waals surface area contributed by atoms with Crippen LogP contribution >= 0.6 is 0 Å². The summed E-state index contributed by atoms with van der Waals surface area (Å²) in [5.74, 6) is 0.363. The van der Waals surface area contributed by atoms with E-state index in [9.17, 15) is 0 Å². The van der Waals surface area contributed by atoms with Crippen molar-refractivity contribution >= 4 is 7.85 Å². The maximum absolute atomic E-state index is 8.60. The summed E-state index contributed by atoms with van der Waals surface area (Å²) in [6, 6.07) is 0. The Kier molecular flexibility index (Phi) is 3.94. The molecular formula is C8H16BNO. The molecular weight excluding hydrogens is 137 g/mol. The quantitative estimate of drug-likeness (QED) is 0.594. The smallest absolute Gasteiger partial charge is 0.0716 e. The minimum absolute atomic E-state index is 0.297. The zero-order valence-corrected chi connectivity index (χ0v) is 7.00. The molecule has 0 spiro atoms. The van der Waals surface area contributed by atoms with Crippen molar-refractivity contribution in [3.05, 3.63) is 0 Å². The Morgan fingerprint density at radius 2 is 2.36 bits per heavy atom. The van der Waals surface area contributed by atoms with Crippen LogP contribution in [-0.2, 0) is 0 Å². The van der Waals surface area contributed by atoms with Gasteiger partial charge in [0.25, 0.3) is 0 Å². The first-order valence-electron chi connectivity index (χ1n) is 4.41. The highest BCUT2D eigenvalue weighted by molar-refractivity contribution is 6.11. The highest BCUT2D eigenvalue weighted by atomic mass is 16.3. The van der Waals surface area contributed by atoms with E-state index in [2.05, 4.69) is 4.90 Å². The van der Waals surface area contributed by atoms with E-state index >= 15 is 0 Å². The van der Waals surface area contributed by atoms with Crippen molar-refractivity contribution < 1.29 is 5.11 Å². The summed E-state index contributed by atoms with van der Waals surface area (Å²) in [4.78, 5) is 2.34. The minimum atomic E-state index is 0.297. The maximum Gasteiger partial charge on any atom is 0.0716 e. The number of nitrogens with zero attached hydrogens (tertiary/aromatic N) is 1. The van der Waals surface area contributed by atoms with Gasteiger partial charge in [0.2, 0.25) is 0 Å². The van der Waals surface area contributed by atoms with Crippen molar-refractivity contribution in [3.8, 4) is 0 Å². The third kappa shape index (κ3) is 3.26. The standard InChI is InChI=1S/C8H16BNO/c9-8-3-1-4-10(7-8)5-2-6-11/h8,11H,1-7H2. The third-order valence-electron chi connectivity index (χ3n) is 2.17. The number of aliphatic hydroxyl groups excluding tert-OH is 1. The van der Waals surface area contributed by atoms with Crippen molar-refractivity contribution in [1.29, 1.82) is 0 Å². The highest BCUT2D eigenvalue weighted by Crippen LogP contribution is 2.17. The van der Waals surface area contributed by atoms with Crippen molar-refractivity contribution in [2.24, 2.45) is 0 Å². The van der Waals surface area contributed by atoms with Crippen molar-refractivity contribution in [2.75, 3.05) is 26.2 Å². The molecule has 0 amide bonds. The maximum atomic E-state index is 8.60. The molecule has 0 bridgehead atoms. The lowest BCUT2D eigenvalue weighted by Crippen LogP contribution is -2.34. The van der Waals surface area contributed by atoms with Gasteiger partial charge in [0.15, 0.2) is 0 Å². The van der Waals surface area contributed by atoms with Crippen LogP contribution < -0.4 is 0 Å². The molecule has 3 heteroatoms. The normalized spacial score (nSPS) is 27.2. The Balaban J connectivity index is 2.12. The molecule has 1 unspecified atom stereocenters. The van der Waals surface area contributed by atoms with Gasteiger partial charge in [0.1, 0.15) is 0 Å². The molecule has 62 valence electrons. The average molecular weight is 153 g/mol. The third-order valence-corrected chi connectivity index (χ3v) is 2.17. The predicted octanol–water partition coefficient (Wildman–Crippen LogP) is 0.422. The molecule has 0 saturated carbocycles. The van der Waals surface area contributed by atoms with Crippen molar-refractivity contribution in [3.63, 3.8) is 0 Å². The van der Waals surface area contributed by atoms with Crippen LogP contribution in [0.4, 0.5) is 0 Å². The lowest BCUT2D eigenvalue weighted by molar-refractivity contribution is 0.199. The van der Waals surface area contributed by atoms with E-state index in [0.717, 1.165) is 32.5 Å². The van der Waals surface area contributed by atoms with Crippen LogP contribution in [0.25, 0.3) is 0 Å². The van der Waals surface area contributed by atoms with Crippen LogP contribution in [-0.4, -0.2) is 44.1 Å². The summed E-state index contributed by atoms with van der Waals surface area (Å²) in [6.45, 7) is 3.48. The molecule has 0 aliphatic carbocycles. The largest absolute Gasteiger partial charge is 0.396 e. The fourth-order valence-electron chi connectivity index (χ4n) is 1.59. The number of hydrogen-bond acceptors (Lipinski definition) is 2. The van der Waals surface area contributed by atoms with Gasteiger partial charge in [-0.05, 0) is 25.9 Å². The Hall–Kier alpha value is -0.0151. The molecule has 0 aromatic rings. The van der Waals surface area contributed by atoms with Crippen LogP contribution in [0.1, 0.15) is 19.3 Å². The Bertz CT molecular complexity index is 110. The van der Waals surface area contributed by atoms with Crippen molar-refractivity contribution in [2.45, 2.75) is 25.1 Å². The van der Waals surface area contributed by atoms with Gasteiger partial charge in [-0.2, -0.15) is 0 Å². The van der Waals surface area contributed by atoms with Gasteiger partial charge in [-0.25, -0.2) is 0 Å². The van der Waals surface area contributed by atoms with E-state index in [-0.39, 0.29) is 0 Å². The molecule has 1 aliphatic heterocycles. The topological polar surface area (TPSA) is 23.5 Å². The van der Waals surface area contributed by atoms with Gasteiger partial charge in [-0.15, -0.1) is 0 Å². The molecule has 1 saturated heterocycles. The van der Waals surface area contributed by atoms with Gasteiger partial charge >= 0.3 is 0 Å². The first-order chi connectivity index (χ1) is 5.33. The number of aliphatic hydroxyl groups is 1. The summed E-state index contributed by atoms with van der Waals surface area (Å²) >= 11 is 0. The molecule has 1 aliphatic rings. The number of piperidine rings is 1. The molecule has 1 rings (SSSR count). The van der Waals surface area contributed by atoms with Gasteiger partial charge in [0, 0.05) is 13.2 Å². The molecule has 2 nitrogen and oxygen atoms in total. The van der Waals surface area contributed by atoms with Gasteiger partial charge in [0.05, 0.1) is 7.85 Å². The van der Waals surface area contributed by atoms with E-state index in [1.54, 1.807) is 0 Å². The molecule has 1 N–H and O–H groups in total. The first kappa shape index (κ1) is 9.08. The summed E-state index contributed by atoms with van der Waals surface area (Å²) in [7, 11) is 5.79. The van der Waals surface area contributed by atoms with Crippen LogP contribution in [0.15, 0.2) is 0 Å². The Labute approximate surface area is 70.0 Å². The summed E-state index contributed by atoms with van der Waals surface area (Å²) in [5, 5.41) is 8.60. The zero-order valence-electron chi connectivity index (χ0n) is 7.00. The molecule has 1 atom stereocenters. The fourth-order valence-corrected chi connectivity index (χ4v) is 1.59. The molecule has 0 aromatic carbocycles. The zero-order chi connectivity index (χ0) is 8.10. The van der Waals surface area contributed by atoms with E-state index in [1.807, 2.05) is 0 Å². The molecule has 11 heavy (non-hydrogen) atoms. The molecule has 1 fully saturated rings. The van der Waals surface area contributed by atoms with Crippen LogP contribution in [0.5, 0.6) is 0 Å². The molecule has 0 aromatic heterocycles. The first-order valence-corrected chi connectivity index (χ1v) is 4.41. The molecule has 1 heterocycles. The lowest BCUT2D eigenvalue weighted by atomic mass is 9.81. The SMILES string of the molecule is [B]C1CCCN(CCCO)C1. The Morgan fingerprint density at radius 1 is 1.55 bits per heavy atom. The summed E-state index contributed by atoms with van der Waals surface area (Å²) in [6.07, 6.45) is 3.26. The summed E-state index contributed by atoms with van der Waals surface area (Å²) in [5.41, 5.74) is 0. The second-order valence-corrected chi connectivity index (χ2v) is 3.28. The van der Waals surface area contributed by atoms with Crippen LogP contribution in [0, 0.1) is 0 Å². The van der Waals surface area contributed by atoms with Crippen molar-refractivity contribution in [1.82, 2.24) is 4.90 Å². The van der Waals surface area contributed by atoms with E-state index in [1.165, 1.54) is 6.42 Å². The van der Waals surface area contributed by atoms with Gasteiger partial charge in [-0.3, -0.25) is 0 Å². The van der Waals surface area contributed by atoms with E-state index in [4.69, 9.17) is 13.0 Å². The van der Waals surface area contributed by atoms with E-state index < -0.39 is 0 Å². The van der Waals surface area contributed by atoms with Gasteiger partial charge in [-0.1, -0.05) is 12.2 Å². The highest BCUT2D eigenvalue weighted by Gasteiger charge is 2.14. The average Bonchev–Trinajstić information content (AvgIpc) is 2.01. The number of rotatable bonds is 3. The monoisotopic (exact) mass is 153 g/mol. The Morgan fingerprint density at radius 3 is 3.00 bits per heavy atom.